The summed E-state index contributed by atoms with van der Waals surface area (Å²) in [6.45, 7) is 9.37. The van der Waals surface area contributed by atoms with Crippen LogP contribution in [0.15, 0.2) is 11.6 Å². The normalized spacial score (nSPS) is 20.6. The zero-order valence-electron chi connectivity index (χ0n) is 13.3. The van der Waals surface area contributed by atoms with Crippen molar-refractivity contribution in [2.45, 2.75) is 58.2 Å². The van der Waals surface area contributed by atoms with Crippen molar-refractivity contribution in [2.75, 3.05) is 13.1 Å². The molecule has 0 spiro atoms. The van der Waals surface area contributed by atoms with Crippen LogP contribution >= 0.6 is 11.3 Å². The van der Waals surface area contributed by atoms with Gasteiger partial charge in [0.05, 0.1) is 6.04 Å². The maximum atomic E-state index is 12.2. The molecule has 1 amide bonds. The largest absolute Gasteiger partial charge is 0.444 e. The molecule has 118 valence electrons. The fourth-order valence-electron chi connectivity index (χ4n) is 2.46. The maximum absolute atomic E-state index is 12.2. The second-order valence-electron chi connectivity index (χ2n) is 6.47. The van der Waals surface area contributed by atoms with Gasteiger partial charge in [-0.25, -0.2) is 9.78 Å². The lowest BCUT2D eigenvalue weighted by Crippen LogP contribution is -2.44. The van der Waals surface area contributed by atoms with E-state index in [-0.39, 0.29) is 18.2 Å². The van der Waals surface area contributed by atoms with Gasteiger partial charge in [-0.1, -0.05) is 0 Å². The molecule has 0 saturated carbocycles. The Kier molecular flexibility index (Phi) is 5.22. The molecule has 1 aromatic heterocycles. The van der Waals surface area contributed by atoms with Gasteiger partial charge < -0.3 is 15.0 Å². The summed E-state index contributed by atoms with van der Waals surface area (Å²) in [5, 5.41) is 6.54. The van der Waals surface area contributed by atoms with E-state index in [4.69, 9.17) is 4.74 Å². The fourth-order valence-corrected chi connectivity index (χ4v) is 3.13. The number of rotatable bonds is 4. The van der Waals surface area contributed by atoms with Crippen LogP contribution < -0.4 is 5.32 Å². The molecule has 6 heteroatoms. The summed E-state index contributed by atoms with van der Waals surface area (Å²) in [6.07, 6.45) is 3.68. The number of ether oxygens (including phenoxy) is 1. The average Bonchev–Trinajstić information content (AvgIpc) is 3.04. The first kappa shape index (κ1) is 16.2. The van der Waals surface area contributed by atoms with E-state index in [1.165, 1.54) is 0 Å². The predicted octanol–water partition coefficient (Wildman–Crippen LogP) is 3.19. The molecule has 1 fully saturated rings. The number of amides is 1. The fraction of sp³-hybridized carbons (Fsp3) is 0.733. The number of nitrogens with zero attached hydrogens (tertiary/aromatic N) is 2. The summed E-state index contributed by atoms with van der Waals surface area (Å²) in [5.74, 6) is 0. The minimum absolute atomic E-state index is 0.200. The highest BCUT2D eigenvalue weighted by Crippen LogP contribution is 2.21. The van der Waals surface area contributed by atoms with Crippen molar-refractivity contribution in [3.8, 4) is 0 Å². The van der Waals surface area contributed by atoms with Crippen LogP contribution in [0.25, 0.3) is 0 Å². The Morgan fingerprint density at radius 2 is 2.38 bits per heavy atom. The van der Waals surface area contributed by atoms with Gasteiger partial charge >= 0.3 is 6.09 Å². The van der Waals surface area contributed by atoms with Crippen LogP contribution in [-0.2, 0) is 4.74 Å². The molecule has 1 aliphatic heterocycles. The van der Waals surface area contributed by atoms with Crippen LogP contribution in [0.4, 0.5) is 4.79 Å². The maximum Gasteiger partial charge on any atom is 0.410 e. The third-order valence-corrected chi connectivity index (χ3v) is 4.44. The van der Waals surface area contributed by atoms with Crippen LogP contribution in [0, 0.1) is 0 Å². The summed E-state index contributed by atoms with van der Waals surface area (Å²) >= 11 is 1.65. The summed E-state index contributed by atoms with van der Waals surface area (Å²) < 4.78 is 5.48. The van der Waals surface area contributed by atoms with Crippen molar-refractivity contribution < 1.29 is 9.53 Å². The lowest BCUT2D eigenvalue weighted by molar-refractivity contribution is 0.0225. The van der Waals surface area contributed by atoms with Gasteiger partial charge in [0, 0.05) is 30.7 Å². The van der Waals surface area contributed by atoms with Gasteiger partial charge in [-0.15, -0.1) is 11.3 Å². The quantitative estimate of drug-likeness (QED) is 0.928. The highest BCUT2D eigenvalue weighted by atomic mass is 32.1. The van der Waals surface area contributed by atoms with Crippen LogP contribution in [-0.4, -0.2) is 40.7 Å². The second kappa shape index (κ2) is 6.75. The molecular formula is C15H25N3O2S. The Morgan fingerprint density at radius 3 is 3.00 bits per heavy atom. The van der Waals surface area contributed by atoms with E-state index in [0.29, 0.717) is 0 Å². The second-order valence-corrected chi connectivity index (χ2v) is 7.40. The van der Waals surface area contributed by atoms with Gasteiger partial charge in [-0.05, 0) is 40.5 Å². The van der Waals surface area contributed by atoms with Gasteiger partial charge in [0.25, 0.3) is 0 Å². The summed E-state index contributed by atoms with van der Waals surface area (Å²) in [6, 6.07) is 0.424. The third kappa shape index (κ3) is 4.68. The molecule has 0 radical (unpaired) electrons. The molecule has 1 N–H and O–H groups in total. The molecular weight excluding hydrogens is 286 g/mol. The molecule has 0 aromatic carbocycles. The lowest BCUT2D eigenvalue weighted by atomic mass is 10.2. The van der Waals surface area contributed by atoms with Gasteiger partial charge in [0.2, 0.25) is 0 Å². The summed E-state index contributed by atoms with van der Waals surface area (Å²) in [4.78, 5) is 18.4. The number of thiazole rings is 1. The SMILES string of the molecule is C[C@@H](NC[C@H]1CCCN1C(=O)OC(C)(C)C)c1nccs1. The minimum Gasteiger partial charge on any atom is -0.444 e. The molecule has 21 heavy (non-hydrogen) atoms. The Bertz CT molecular complexity index is 456. The smallest absolute Gasteiger partial charge is 0.410 e. The van der Waals surface area contributed by atoms with Gasteiger partial charge in [0.1, 0.15) is 10.6 Å². The third-order valence-electron chi connectivity index (χ3n) is 3.49. The Hall–Kier alpha value is -1.14. The standard InChI is InChI=1S/C15H25N3O2S/c1-11(13-16-7-9-21-13)17-10-12-6-5-8-18(12)14(19)20-15(2,3)4/h7,9,11-12,17H,5-6,8,10H2,1-4H3/t11-,12-/m1/s1. The number of hydrogen-bond acceptors (Lipinski definition) is 5. The molecule has 1 aliphatic rings. The zero-order valence-corrected chi connectivity index (χ0v) is 14.1. The monoisotopic (exact) mass is 311 g/mol. The Labute approximate surface area is 130 Å². The van der Waals surface area contributed by atoms with E-state index < -0.39 is 5.60 Å². The first-order chi connectivity index (χ1) is 9.87. The number of nitrogens with one attached hydrogen (secondary N) is 1. The van der Waals surface area contributed by atoms with Crippen molar-refractivity contribution in [1.82, 2.24) is 15.2 Å². The Morgan fingerprint density at radius 1 is 1.62 bits per heavy atom. The minimum atomic E-state index is -0.439. The van der Waals surface area contributed by atoms with Crippen molar-refractivity contribution in [1.29, 1.82) is 0 Å². The van der Waals surface area contributed by atoms with Crippen molar-refractivity contribution >= 4 is 17.4 Å². The van der Waals surface area contributed by atoms with E-state index in [1.807, 2.05) is 37.2 Å². The zero-order chi connectivity index (χ0) is 15.5. The predicted molar refractivity (Wildman–Crippen MR) is 84.5 cm³/mol. The first-order valence-electron chi connectivity index (χ1n) is 7.49. The molecule has 2 rings (SSSR count). The van der Waals surface area contributed by atoms with E-state index >= 15 is 0 Å². The number of likely N-dealkylation sites (tertiary alicyclic amines) is 1. The van der Waals surface area contributed by atoms with Crippen molar-refractivity contribution in [3.05, 3.63) is 16.6 Å². The molecule has 1 saturated heterocycles. The van der Waals surface area contributed by atoms with Crippen LogP contribution in [0.3, 0.4) is 0 Å². The number of carbonyl (C=O) groups is 1. The highest BCUT2D eigenvalue weighted by Gasteiger charge is 2.32. The molecule has 0 unspecified atom stereocenters. The van der Waals surface area contributed by atoms with Gasteiger partial charge in [-0.3, -0.25) is 0 Å². The number of aromatic nitrogens is 1. The molecule has 0 bridgehead atoms. The van der Waals surface area contributed by atoms with Gasteiger partial charge in [-0.2, -0.15) is 0 Å². The van der Waals surface area contributed by atoms with Crippen LogP contribution in [0.5, 0.6) is 0 Å². The van der Waals surface area contributed by atoms with Crippen molar-refractivity contribution in [2.24, 2.45) is 0 Å². The van der Waals surface area contributed by atoms with Crippen LogP contribution in [0.1, 0.15) is 51.6 Å². The lowest BCUT2D eigenvalue weighted by Gasteiger charge is -2.29. The van der Waals surface area contributed by atoms with E-state index in [2.05, 4.69) is 17.2 Å². The number of carbonyl (C=O) groups excluding carboxylic acids is 1. The average molecular weight is 311 g/mol. The van der Waals surface area contributed by atoms with Crippen LogP contribution in [0.2, 0.25) is 0 Å². The molecule has 1 aromatic rings. The summed E-state index contributed by atoms with van der Waals surface area (Å²) in [5.41, 5.74) is -0.439. The molecule has 0 aliphatic carbocycles. The van der Waals surface area contributed by atoms with E-state index in [9.17, 15) is 4.79 Å². The topological polar surface area (TPSA) is 54.5 Å². The summed E-state index contributed by atoms with van der Waals surface area (Å²) in [7, 11) is 0. The van der Waals surface area contributed by atoms with Gasteiger partial charge in [0.15, 0.2) is 0 Å². The highest BCUT2D eigenvalue weighted by molar-refractivity contribution is 7.09. The van der Waals surface area contributed by atoms with E-state index in [1.54, 1.807) is 11.3 Å². The molecule has 5 nitrogen and oxygen atoms in total. The van der Waals surface area contributed by atoms with E-state index in [0.717, 1.165) is 30.9 Å². The first-order valence-corrected chi connectivity index (χ1v) is 8.37. The molecule has 2 heterocycles. The van der Waals surface area contributed by atoms with Crippen molar-refractivity contribution in [3.63, 3.8) is 0 Å². The number of hydrogen-bond donors (Lipinski definition) is 1. The molecule has 2 atom stereocenters. The Balaban J connectivity index is 1.86.